The number of aromatic nitrogens is 1. The number of ether oxygens (including phenoxy) is 1. The van der Waals surface area contributed by atoms with Crippen LogP contribution in [0.1, 0.15) is 58.0 Å². The van der Waals surface area contributed by atoms with E-state index in [-0.39, 0.29) is 5.41 Å². The molecule has 0 unspecified atom stereocenters. The molecule has 1 aliphatic carbocycles. The third-order valence-corrected chi connectivity index (χ3v) is 6.10. The third kappa shape index (κ3) is 2.85. The summed E-state index contributed by atoms with van der Waals surface area (Å²) >= 11 is 1.34. The van der Waals surface area contributed by atoms with Crippen LogP contribution in [0.2, 0.25) is 0 Å². The Labute approximate surface area is 140 Å². The normalized spacial score (nSPS) is 17.0. The Hall–Kier alpha value is -1.88. The van der Waals surface area contributed by atoms with E-state index in [2.05, 4.69) is 17.1 Å². The number of methoxy groups -OCH3 is 1. The maximum absolute atomic E-state index is 11.4. The molecule has 1 aromatic carbocycles. The third-order valence-electron chi connectivity index (χ3n) is 4.75. The average molecular weight is 331 g/mol. The van der Waals surface area contributed by atoms with Crippen LogP contribution in [0.3, 0.4) is 0 Å². The quantitative estimate of drug-likeness (QED) is 0.901. The fourth-order valence-corrected chi connectivity index (χ4v) is 4.66. The van der Waals surface area contributed by atoms with Crippen LogP contribution in [-0.2, 0) is 5.41 Å². The summed E-state index contributed by atoms with van der Waals surface area (Å²) in [6.07, 6.45) is 5.56. The summed E-state index contributed by atoms with van der Waals surface area (Å²) in [4.78, 5) is 16.4. The molecule has 0 spiro atoms. The monoisotopic (exact) mass is 331 g/mol. The summed E-state index contributed by atoms with van der Waals surface area (Å²) in [5.41, 5.74) is 1.67. The van der Waals surface area contributed by atoms with Gasteiger partial charge in [0.15, 0.2) is 0 Å². The van der Waals surface area contributed by atoms with E-state index in [0.29, 0.717) is 10.6 Å². The number of carboxylic acid groups (broad SMARTS) is 1. The lowest BCUT2D eigenvalue weighted by atomic mass is 9.70. The van der Waals surface area contributed by atoms with Crippen molar-refractivity contribution in [3.63, 3.8) is 0 Å². The summed E-state index contributed by atoms with van der Waals surface area (Å²) < 4.78 is 5.26. The minimum absolute atomic E-state index is 0.159. The van der Waals surface area contributed by atoms with E-state index in [1.54, 1.807) is 14.0 Å². The zero-order valence-electron chi connectivity index (χ0n) is 13.5. The van der Waals surface area contributed by atoms with Crippen LogP contribution >= 0.6 is 11.3 Å². The van der Waals surface area contributed by atoms with Crippen molar-refractivity contribution < 1.29 is 14.6 Å². The Balaban J connectivity index is 2.09. The molecule has 0 aliphatic heterocycles. The van der Waals surface area contributed by atoms with Crippen LogP contribution < -0.4 is 4.74 Å². The molecule has 0 saturated heterocycles. The zero-order valence-corrected chi connectivity index (χ0v) is 14.3. The number of nitrogens with zero attached hydrogens (tertiary/aromatic N) is 1. The number of hydrogen-bond acceptors (Lipinski definition) is 4. The lowest BCUT2D eigenvalue weighted by Gasteiger charge is -2.36. The molecular weight excluding hydrogens is 310 g/mol. The van der Waals surface area contributed by atoms with E-state index < -0.39 is 5.97 Å². The molecule has 0 amide bonds. The minimum atomic E-state index is -0.882. The molecule has 1 aromatic heterocycles. The topological polar surface area (TPSA) is 59.4 Å². The number of carboxylic acids is 1. The Morgan fingerprint density at radius 1 is 1.22 bits per heavy atom. The Bertz CT molecular complexity index is 700. The van der Waals surface area contributed by atoms with E-state index >= 15 is 0 Å². The van der Waals surface area contributed by atoms with Crippen molar-refractivity contribution in [2.24, 2.45) is 0 Å². The van der Waals surface area contributed by atoms with Gasteiger partial charge in [-0.2, -0.15) is 0 Å². The largest absolute Gasteiger partial charge is 0.497 e. The summed E-state index contributed by atoms with van der Waals surface area (Å²) in [6.45, 7) is 1.79. The highest BCUT2D eigenvalue weighted by atomic mass is 32.1. The number of rotatable bonds is 4. The van der Waals surface area contributed by atoms with Crippen molar-refractivity contribution in [3.8, 4) is 5.75 Å². The second-order valence-corrected chi connectivity index (χ2v) is 7.11. The van der Waals surface area contributed by atoms with Gasteiger partial charge in [-0.25, -0.2) is 9.78 Å². The zero-order chi connectivity index (χ0) is 16.4. The van der Waals surface area contributed by atoms with Gasteiger partial charge in [0.1, 0.15) is 15.6 Å². The van der Waals surface area contributed by atoms with Gasteiger partial charge in [-0.1, -0.05) is 31.4 Å². The summed E-state index contributed by atoms with van der Waals surface area (Å²) in [7, 11) is 1.66. The smallest absolute Gasteiger partial charge is 0.347 e. The summed E-state index contributed by atoms with van der Waals surface area (Å²) in [5, 5.41) is 10.3. The lowest BCUT2D eigenvalue weighted by molar-refractivity contribution is 0.0701. The molecule has 2 aromatic rings. The highest BCUT2D eigenvalue weighted by Crippen LogP contribution is 2.47. The number of hydrogen-bond donors (Lipinski definition) is 1. The SMILES string of the molecule is COc1ccc(C2(c3nc(C)c(C(=O)O)s3)CCCCC2)cc1. The van der Waals surface area contributed by atoms with E-state index in [9.17, 15) is 9.90 Å². The number of benzene rings is 1. The van der Waals surface area contributed by atoms with Crippen LogP contribution in [-0.4, -0.2) is 23.2 Å². The molecule has 1 aliphatic rings. The van der Waals surface area contributed by atoms with Gasteiger partial charge >= 0.3 is 5.97 Å². The molecule has 5 heteroatoms. The van der Waals surface area contributed by atoms with Crippen LogP contribution in [0.15, 0.2) is 24.3 Å². The standard InChI is InChI=1S/C18H21NO3S/c1-12-15(16(20)21)23-17(19-12)18(10-4-3-5-11-18)13-6-8-14(22-2)9-7-13/h6-9H,3-5,10-11H2,1-2H3,(H,20,21). The van der Waals surface area contributed by atoms with Crippen LogP contribution in [0, 0.1) is 6.92 Å². The van der Waals surface area contributed by atoms with Gasteiger partial charge in [0.2, 0.25) is 0 Å². The Kier molecular flexibility index (Phi) is 4.39. The van der Waals surface area contributed by atoms with E-state index in [1.165, 1.54) is 23.3 Å². The van der Waals surface area contributed by atoms with E-state index in [0.717, 1.165) is 36.4 Å². The highest BCUT2D eigenvalue weighted by molar-refractivity contribution is 7.13. The van der Waals surface area contributed by atoms with E-state index in [1.807, 2.05) is 12.1 Å². The van der Waals surface area contributed by atoms with Gasteiger partial charge in [-0.15, -0.1) is 11.3 Å². The number of thiazole rings is 1. The lowest BCUT2D eigenvalue weighted by Crippen LogP contribution is -2.30. The van der Waals surface area contributed by atoms with E-state index in [4.69, 9.17) is 4.74 Å². The number of aromatic carboxylic acids is 1. The predicted molar refractivity (Wildman–Crippen MR) is 90.7 cm³/mol. The minimum Gasteiger partial charge on any atom is -0.497 e. The molecule has 1 N–H and O–H groups in total. The van der Waals surface area contributed by atoms with Gasteiger partial charge in [0, 0.05) is 5.41 Å². The first-order valence-electron chi connectivity index (χ1n) is 7.92. The van der Waals surface area contributed by atoms with Crippen LogP contribution in [0.25, 0.3) is 0 Å². The fraction of sp³-hybridized carbons (Fsp3) is 0.444. The van der Waals surface area contributed by atoms with Gasteiger partial charge in [0.25, 0.3) is 0 Å². The van der Waals surface area contributed by atoms with Crippen molar-refractivity contribution in [3.05, 3.63) is 45.4 Å². The first-order valence-corrected chi connectivity index (χ1v) is 8.74. The second kappa shape index (κ2) is 6.32. The molecule has 1 fully saturated rings. The maximum atomic E-state index is 11.4. The van der Waals surface area contributed by atoms with Crippen LogP contribution in [0.5, 0.6) is 5.75 Å². The van der Waals surface area contributed by atoms with Crippen molar-refractivity contribution in [2.75, 3.05) is 7.11 Å². The molecule has 122 valence electrons. The Morgan fingerprint density at radius 2 is 1.87 bits per heavy atom. The maximum Gasteiger partial charge on any atom is 0.347 e. The molecule has 3 rings (SSSR count). The van der Waals surface area contributed by atoms with Gasteiger partial charge in [-0.3, -0.25) is 0 Å². The number of carbonyl (C=O) groups is 1. The van der Waals surface area contributed by atoms with Crippen molar-refractivity contribution >= 4 is 17.3 Å². The first kappa shape index (κ1) is 16.0. The fourth-order valence-electron chi connectivity index (χ4n) is 3.49. The summed E-state index contributed by atoms with van der Waals surface area (Å²) in [6, 6.07) is 8.15. The average Bonchev–Trinajstić information content (AvgIpc) is 2.98. The summed E-state index contributed by atoms with van der Waals surface area (Å²) in [5.74, 6) is -0.0480. The highest BCUT2D eigenvalue weighted by Gasteiger charge is 2.39. The second-order valence-electron chi connectivity index (χ2n) is 6.11. The predicted octanol–water partition coefficient (Wildman–Crippen LogP) is 4.41. The molecule has 1 saturated carbocycles. The Morgan fingerprint density at radius 3 is 2.39 bits per heavy atom. The molecule has 4 nitrogen and oxygen atoms in total. The molecule has 0 atom stereocenters. The number of aryl methyl sites for hydroxylation is 1. The molecule has 23 heavy (non-hydrogen) atoms. The van der Waals surface area contributed by atoms with Gasteiger partial charge < -0.3 is 9.84 Å². The van der Waals surface area contributed by atoms with Crippen molar-refractivity contribution in [1.29, 1.82) is 0 Å². The van der Waals surface area contributed by atoms with Crippen molar-refractivity contribution in [2.45, 2.75) is 44.4 Å². The van der Waals surface area contributed by atoms with Gasteiger partial charge in [0.05, 0.1) is 12.8 Å². The van der Waals surface area contributed by atoms with Crippen LogP contribution in [0.4, 0.5) is 0 Å². The van der Waals surface area contributed by atoms with Gasteiger partial charge in [-0.05, 0) is 37.5 Å². The first-order chi connectivity index (χ1) is 11.1. The molecule has 0 radical (unpaired) electrons. The molecular formula is C18H21NO3S. The molecule has 0 bridgehead atoms. The molecule has 1 heterocycles. The van der Waals surface area contributed by atoms with Crippen molar-refractivity contribution in [1.82, 2.24) is 4.98 Å².